The van der Waals surface area contributed by atoms with Crippen molar-refractivity contribution in [3.8, 4) is 0 Å². The van der Waals surface area contributed by atoms with E-state index in [-0.39, 0.29) is 11.0 Å². The second-order valence-electron chi connectivity index (χ2n) is 9.66. The molecule has 1 aromatic rings. The zero-order valence-corrected chi connectivity index (χ0v) is 25.2. The van der Waals surface area contributed by atoms with Gasteiger partial charge in [0.15, 0.2) is 5.11 Å². The van der Waals surface area contributed by atoms with Crippen molar-refractivity contribution in [2.24, 2.45) is 0 Å². The van der Waals surface area contributed by atoms with E-state index in [1.54, 1.807) is 0 Å². The molecule has 0 saturated heterocycles. The molecule has 0 spiro atoms. The normalized spacial score (nSPS) is 12.2. The molecule has 0 unspecified atom stereocenters. The predicted octanol–water partition coefficient (Wildman–Crippen LogP) is 9.36. The molecule has 1 aromatic carbocycles. The third-order valence-corrected chi connectivity index (χ3v) is 7.18. The number of unbranched alkanes of at least 4 members (excludes halogenated alkanes) is 14. The van der Waals surface area contributed by atoms with E-state index in [1.807, 2.05) is 31.2 Å². The molecule has 1 atom stereocenters. The molecule has 0 aliphatic rings. The fourth-order valence-electron chi connectivity index (χ4n) is 4.09. The van der Waals surface area contributed by atoms with Gasteiger partial charge in [0.2, 0.25) is 9.70 Å². The lowest BCUT2D eigenvalue weighted by molar-refractivity contribution is -0.122. The molecule has 0 heterocycles. The maximum absolute atomic E-state index is 12.4. The van der Waals surface area contributed by atoms with Gasteiger partial charge in [0.25, 0.3) is 0 Å². The molecule has 8 heteroatoms. The number of halogens is 3. The van der Waals surface area contributed by atoms with Gasteiger partial charge in [-0.3, -0.25) is 4.79 Å². The summed E-state index contributed by atoms with van der Waals surface area (Å²) in [6, 6.07) is 7.72. The van der Waals surface area contributed by atoms with Gasteiger partial charge in [0.1, 0.15) is 6.17 Å². The summed E-state index contributed by atoms with van der Waals surface area (Å²) < 4.78 is -1.75. The molecule has 36 heavy (non-hydrogen) atoms. The van der Waals surface area contributed by atoms with Crippen LogP contribution in [0.3, 0.4) is 0 Å². The second kappa shape index (κ2) is 20.2. The van der Waals surface area contributed by atoms with E-state index >= 15 is 0 Å². The molecule has 3 N–H and O–H groups in total. The SMILES string of the molecule is CCCCCCCCCCCCCCCCCC(=O)N[C@@H](NC(=S)Nc1ccccc1C)C(Cl)(Cl)Cl. The highest BCUT2D eigenvalue weighted by Gasteiger charge is 2.34. The minimum Gasteiger partial charge on any atom is -0.339 e. The van der Waals surface area contributed by atoms with Crippen LogP contribution in [0.4, 0.5) is 5.69 Å². The molecule has 1 amide bonds. The number of aryl methyl sites for hydroxylation is 1. The monoisotopic (exact) mass is 577 g/mol. The molecule has 0 saturated carbocycles. The first-order chi connectivity index (χ1) is 17.2. The van der Waals surface area contributed by atoms with Crippen molar-refractivity contribution >= 4 is 63.7 Å². The summed E-state index contributed by atoms with van der Waals surface area (Å²) in [7, 11) is 0. The Morgan fingerprint density at radius 2 is 1.28 bits per heavy atom. The number of nitrogens with one attached hydrogen (secondary N) is 3. The Morgan fingerprint density at radius 3 is 1.75 bits per heavy atom. The van der Waals surface area contributed by atoms with E-state index in [2.05, 4.69) is 22.9 Å². The number of carbonyl (C=O) groups excluding carboxylic acids is 1. The highest BCUT2D eigenvalue weighted by atomic mass is 35.6. The van der Waals surface area contributed by atoms with Crippen molar-refractivity contribution in [1.82, 2.24) is 10.6 Å². The summed E-state index contributed by atoms with van der Waals surface area (Å²) in [4.78, 5) is 12.4. The molecule has 0 aliphatic carbocycles. The minimum absolute atomic E-state index is 0.160. The summed E-state index contributed by atoms with van der Waals surface area (Å²) in [6.45, 7) is 4.24. The van der Waals surface area contributed by atoms with Crippen molar-refractivity contribution in [1.29, 1.82) is 0 Å². The lowest BCUT2D eigenvalue weighted by Crippen LogP contribution is -2.56. The summed E-state index contributed by atoms with van der Waals surface area (Å²) in [6.07, 6.45) is 18.7. The highest BCUT2D eigenvalue weighted by molar-refractivity contribution is 7.80. The molecular weight excluding hydrogens is 533 g/mol. The fraction of sp³-hybridized carbons (Fsp3) is 0.714. The van der Waals surface area contributed by atoms with Crippen LogP contribution in [-0.4, -0.2) is 21.0 Å². The predicted molar refractivity (Wildman–Crippen MR) is 162 cm³/mol. The van der Waals surface area contributed by atoms with Crippen LogP contribution in [0.5, 0.6) is 0 Å². The molecule has 0 fully saturated rings. The van der Waals surface area contributed by atoms with Gasteiger partial charge in [-0.25, -0.2) is 0 Å². The van der Waals surface area contributed by atoms with E-state index in [0.717, 1.165) is 30.5 Å². The molecule has 0 aromatic heterocycles. The minimum atomic E-state index is -1.75. The van der Waals surface area contributed by atoms with Gasteiger partial charge in [-0.15, -0.1) is 0 Å². The van der Waals surface area contributed by atoms with Crippen LogP contribution < -0.4 is 16.0 Å². The van der Waals surface area contributed by atoms with Gasteiger partial charge in [-0.1, -0.05) is 150 Å². The Bertz CT molecular complexity index is 743. The van der Waals surface area contributed by atoms with Crippen molar-refractivity contribution in [3.05, 3.63) is 29.8 Å². The van der Waals surface area contributed by atoms with Crippen LogP contribution in [0.1, 0.15) is 115 Å². The number of thiocarbonyl (C=S) groups is 1. The maximum atomic E-state index is 12.4. The van der Waals surface area contributed by atoms with Crippen molar-refractivity contribution < 1.29 is 4.79 Å². The third-order valence-electron chi connectivity index (χ3n) is 6.31. The zero-order valence-electron chi connectivity index (χ0n) is 22.2. The fourth-order valence-corrected chi connectivity index (χ4v) is 4.65. The number of hydrogen-bond donors (Lipinski definition) is 3. The summed E-state index contributed by atoms with van der Waals surface area (Å²) in [5, 5.41) is 9.02. The topological polar surface area (TPSA) is 53.2 Å². The molecule has 206 valence electrons. The largest absolute Gasteiger partial charge is 0.339 e. The van der Waals surface area contributed by atoms with Crippen LogP contribution in [0.15, 0.2) is 24.3 Å². The molecular formula is C28H46Cl3N3OS. The van der Waals surface area contributed by atoms with Gasteiger partial charge < -0.3 is 16.0 Å². The Balaban J connectivity index is 2.12. The number of hydrogen-bond acceptors (Lipinski definition) is 2. The van der Waals surface area contributed by atoms with Crippen LogP contribution in [0.25, 0.3) is 0 Å². The van der Waals surface area contributed by atoms with E-state index in [1.165, 1.54) is 77.0 Å². The van der Waals surface area contributed by atoms with Crippen LogP contribution >= 0.6 is 47.0 Å². The number of benzene rings is 1. The molecule has 4 nitrogen and oxygen atoms in total. The zero-order chi connectivity index (χ0) is 26.7. The maximum Gasteiger partial charge on any atom is 0.228 e. The van der Waals surface area contributed by atoms with Gasteiger partial charge in [-0.2, -0.15) is 0 Å². The van der Waals surface area contributed by atoms with E-state index in [0.29, 0.717) is 6.42 Å². The number of rotatable bonds is 19. The number of anilines is 1. The average molecular weight is 579 g/mol. The summed E-state index contributed by atoms with van der Waals surface area (Å²) in [5.74, 6) is -0.160. The quantitative estimate of drug-likeness (QED) is 0.0662. The van der Waals surface area contributed by atoms with Gasteiger partial charge in [0, 0.05) is 12.1 Å². The first kappa shape index (κ1) is 33.3. The van der Waals surface area contributed by atoms with Crippen molar-refractivity contribution in [3.63, 3.8) is 0 Å². The van der Waals surface area contributed by atoms with Gasteiger partial charge >= 0.3 is 0 Å². The number of carbonyl (C=O) groups is 1. The number of amides is 1. The van der Waals surface area contributed by atoms with E-state index in [4.69, 9.17) is 47.0 Å². The average Bonchev–Trinajstić information content (AvgIpc) is 2.82. The molecule has 0 bridgehead atoms. The van der Waals surface area contributed by atoms with Gasteiger partial charge in [-0.05, 0) is 37.2 Å². The van der Waals surface area contributed by atoms with Crippen LogP contribution in [0.2, 0.25) is 0 Å². The van der Waals surface area contributed by atoms with Gasteiger partial charge in [0.05, 0.1) is 0 Å². The number of alkyl halides is 3. The Kier molecular flexibility index (Phi) is 18.7. The second-order valence-corrected chi connectivity index (χ2v) is 12.4. The standard InChI is InChI=1S/C28H46Cl3N3OS/c1-3-4-5-6-7-8-9-10-11-12-13-14-15-16-17-22-25(35)33-26(28(29,30)31)34-27(36)32-24-21-19-18-20-23(24)2/h18-21,26H,3-17,22H2,1-2H3,(H,33,35)(H2,32,34,36)/t26-/m0/s1. The lowest BCUT2D eigenvalue weighted by atomic mass is 10.0. The van der Waals surface area contributed by atoms with Crippen molar-refractivity contribution in [2.45, 2.75) is 127 Å². The van der Waals surface area contributed by atoms with E-state index < -0.39 is 9.96 Å². The molecule has 1 rings (SSSR count). The summed E-state index contributed by atoms with van der Waals surface area (Å²) in [5.41, 5.74) is 1.88. The van der Waals surface area contributed by atoms with E-state index in [9.17, 15) is 4.79 Å². The first-order valence-corrected chi connectivity index (χ1v) is 15.3. The van der Waals surface area contributed by atoms with Crippen LogP contribution in [0, 0.1) is 6.92 Å². The van der Waals surface area contributed by atoms with Crippen LogP contribution in [-0.2, 0) is 4.79 Å². The third kappa shape index (κ3) is 16.9. The Hall–Kier alpha value is -0.750. The molecule has 0 aliphatic heterocycles. The number of para-hydroxylation sites is 1. The smallest absolute Gasteiger partial charge is 0.228 e. The highest BCUT2D eigenvalue weighted by Crippen LogP contribution is 2.29. The lowest BCUT2D eigenvalue weighted by Gasteiger charge is -2.28. The van der Waals surface area contributed by atoms with Crippen molar-refractivity contribution in [2.75, 3.05) is 5.32 Å². The summed E-state index contributed by atoms with van der Waals surface area (Å²) >= 11 is 23.6. The molecule has 0 radical (unpaired) electrons. The first-order valence-electron chi connectivity index (χ1n) is 13.7. The Labute approximate surface area is 240 Å². The Morgan fingerprint density at radius 1 is 0.806 bits per heavy atom.